The van der Waals surface area contributed by atoms with Crippen LogP contribution < -0.4 is 0 Å². The molecule has 9 fully saturated rings. The van der Waals surface area contributed by atoms with Crippen LogP contribution in [0.15, 0.2) is 59.9 Å². The van der Waals surface area contributed by atoms with Crippen LogP contribution in [0.1, 0.15) is 225 Å². The summed E-state index contributed by atoms with van der Waals surface area (Å²) in [5.41, 5.74) is 1.35. The van der Waals surface area contributed by atoms with Crippen LogP contribution in [0.2, 0.25) is 0 Å². The summed E-state index contributed by atoms with van der Waals surface area (Å²) < 4.78 is 17.6. The third-order valence-electron chi connectivity index (χ3n) is 23.3. The molecule has 0 unspecified atom stereocenters. The molecule has 107 heavy (non-hydrogen) atoms. The Morgan fingerprint density at radius 3 is 1.34 bits per heavy atom. The van der Waals surface area contributed by atoms with Gasteiger partial charge in [0.05, 0.1) is 30.9 Å². The average Bonchev–Trinajstić information content (AvgIpc) is 1.73. The van der Waals surface area contributed by atoms with Crippen LogP contribution in [0.25, 0.3) is 0 Å². The van der Waals surface area contributed by atoms with Crippen molar-refractivity contribution in [2.75, 3.05) is 161 Å². The van der Waals surface area contributed by atoms with Crippen LogP contribution in [0.5, 0.6) is 0 Å². The highest BCUT2D eigenvalue weighted by atomic mass is 16.5. The van der Waals surface area contributed by atoms with Crippen molar-refractivity contribution in [1.82, 2.24) is 154 Å². The van der Waals surface area contributed by atoms with E-state index in [1.165, 1.54) is 148 Å². The Labute approximate surface area is 636 Å². The second-order valence-corrected chi connectivity index (χ2v) is 32.1. The quantitative estimate of drug-likeness (QED) is 0.121. The molecule has 0 bridgehead atoms. The van der Waals surface area contributed by atoms with Gasteiger partial charge in [-0.3, -0.25) is 9.36 Å². The summed E-state index contributed by atoms with van der Waals surface area (Å²) in [6.07, 6.45) is 34.0. The molecule has 0 N–H and O–H groups in total. The number of hydrogen-bond donors (Lipinski definition) is 0. The van der Waals surface area contributed by atoms with Gasteiger partial charge in [0.2, 0.25) is 5.89 Å². The summed E-state index contributed by atoms with van der Waals surface area (Å²) in [5.74, 6) is 7.92. The number of rotatable bonds is 11. The SMILES string of the molecule is CCn1nnc(C2CCN(C)CC2)n1.CCn1nnnc1C1CCN(C)CC1.CN1CCC(c2nnnn2C)CC1.CN1CCC(c2nnnn2C2CC2)CC1.CN1CCC(n2cccc2)CC1.CN1CCC(n2cccn2)CC1.Cc1cnn(C2CCN(C)CC2)c1.Cc1noc(C2(C)CCN(C)CC2)n1. The van der Waals surface area contributed by atoms with Gasteiger partial charge in [0.1, 0.15) is 0 Å². The molecule has 8 aromatic heterocycles. The van der Waals surface area contributed by atoms with E-state index in [0.29, 0.717) is 41.8 Å². The van der Waals surface area contributed by atoms with Crippen molar-refractivity contribution >= 4 is 0 Å². The maximum atomic E-state index is 5.26. The summed E-state index contributed by atoms with van der Waals surface area (Å²) in [6, 6.07) is 8.83. The van der Waals surface area contributed by atoms with Crippen molar-refractivity contribution in [2.24, 2.45) is 7.05 Å². The molecule has 9 aliphatic rings. The van der Waals surface area contributed by atoms with E-state index in [1.54, 1.807) is 9.48 Å². The lowest BCUT2D eigenvalue weighted by Gasteiger charge is -2.34. The van der Waals surface area contributed by atoms with E-state index in [1.807, 2.05) is 44.0 Å². The number of aromatic nitrogens is 23. The van der Waals surface area contributed by atoms with Gasteiger partial charge in [-0.25, -0.2) is 14.0 Å². The summed E-state index contributed by atoms with van der Waals surface area (Å²) in [5, 5.41) is 60.5. The summed E-state index contributed by atoms with van der Waals surface area (Å²) in [7, 11) is 19.3. The van der Waals surface area contributed by atoms with Gasteiger partial charge >= 0.3 is 0 Å². The molecule has 8 aromatic rings. The highest BCUT2D eigenvalue weighted by molar-refractivity contribution is 5.06. The largest absolute Gasteiger partial charge is 0.351 e. The lowest BCUT2D eigenvalue weighted by molar-refractivity contribution is 0.165. The van der Waals surface area contributed by atoms with Crippen LogP contribution in [-0.2, 0) is 25.6 Å². The molecule has 8 aliphatic heterocycles. The van der Waals surface area contributed by atoms with Crippen molar-refractivity contribution < 1.29 is 4.52 Å². The minimum absolute atomic E-state index is 0.0910. The molecule has 8 saturated heterocycles. The standard InChI is InChI=1S/C10H17N5.C10H17N3O.C10H17N3.C10H16N2.2C9H17N5.C9H15N3.C8H15N5/c1-14-6-4-8(5-7-14)10-11-12-13-15(10)9-2-3-9;1-8-11-9(14-12-8)10(2)4-6-13(3)7-5-10;1-9-7-11-13(8-9)10-3-5-12(2)6-4-10;1-11-8-4-10(5-9-11)12-6-2-3-7-12;1-3-14-9(10-11-12-14)8-4-6-13(2)7-5-8;1-3-14-11-9(10-12-14)8-4-6-13(2)7-5-8;1-11-7-3-9(4-8-11)12-6-2-5-10-12;1-12-5-3-7(4-6-12)8-9-10-11-13(8)2/h8-9H,2-7H2,1H3;4-7H2,1-3H3;7-8,10H,3-6H2,1-2H3;2-3,6-7,10H,4-5,8-9H2,1H3;2*8H,3-7H2,1-2H3;2,5-6,9H,3-4,7-8H2,1H3;7H,3-6H2,1-2H3. The molecule has 17 rings (SSSR count). The van der Waals surface area contributed by atoms with Crippen LogP contribution >= 0.6 is 0 Å². The van der Waals surface area contributed by atoms with Gasteiger partial charge in [-0.2, -0.15) is 20.0 Å². The Kier molecular flexibility index (Phi) is 32.0. The van der Waals surface area contributed by atoms with Gasteiger partial charge in [-0.05, 0) is 365 Å². The molecule has 32 heteroatoms. The fraction of sp³-hybridized carbons (Fsp3) is 0.787. The smallest absolute Gasteiger partial charge is 0.232 e. The van der Waals surface area contributed by atoms with E-state index in [-0.39, 0.29) is 5.41 Å². The number of aryl methyl sites for hydroxylation is 5. The van der Waals surface area contributed by atoms with Crippen molar-refractivity contribution in [3.8, 4) is 0 Å². The maximum absolute atomic E-state index is 5.26. The van der Waals surface area contributed by atoms with Gasteiger partial charge in [-0.1, -0.05) is 12.1 Å². The first-order chi connectivity index (χ1) is 51.8. The van der Waals surface area contributed by atoms with E-state index < -0.39 is 0 Å². The highest BCUT2D eigenvalue weighted by Gasteiger charge is 2.36. The lowest BCUT2D eigenvalue weighted by Crippen LogP contribution is -2.39. The van der Waals surface area contributed by atoms with Crippen LogP contribution in [0.4, 0.5) is 0 Å². The normalized spacial score (nSPS) is 21.5. The van der Waals surface area contributed by atoms with Crippen LogP contribution in [-0.4, -0.2) is 315 Å². The van der Waals surface area contributed by atoms with Gasteiger partial charge in [0, 0.05) is 79.7 Å². The van der Waals surface area contributed by atoms with E-state index >= 15 is 0 Å². The number of nitrogens with zero attached hydrogens (tertiary/aromatic N) is 31. The average molecular weight is 1480 g/mol. The van der Waals surface area contributed by atoms with E-state index in [0.717, 1.165) is 132 Å². The van der Waals surface area contributed by atoms with E-state index in [9.17, 15) is 0 Å². The fourth-order valence-electron chi connectivity index (χ4n) is 15.4. The molecular weight excluding hydrogens is 1350 g/mol. The number of likely N-dealkylation sites (tertiary alicyclic amines) is 8. The molecule has 1 aliphatic carbocycles. The monoisotopic (exact) mass is 1480 g/mol. The fourth-order valence-corrected chi connectivity index (χ4v) is 15.4. The van der Waals surface area contributed by atoms with E-state index in [2.05, 4.69) is 254 Å². The molecule has 32 nitrogen and oxygen atoms in total. The van der Waals surface area contributed by atoms with Crippen molar-refractivity contribution in [1.29, 1.82) is 0 Å². The van der Waals surface area contributed by atoms with Gasteiger partial charge in [0.15, 0.2) is 29.1 Å². The number of tetrazole rings is 4. The Morgan fingerprint density at radius 1 is 0.430 bits per heavy atom. The maximum Gasteiger partial charge on any atom is 0.232 e. The first-order valence-corrected chi connectivity index (χ1v) is 40.2. The molecule has 16 heterocycles. The number of piperidine rings is 8. The lowest BCUT2D eigenvalue weighted by atomic mass is 9.80. The first-order valence-electron chi connectivity index (χ1n) is 40.2. The molecule has 0 radical (unpaired) electrons. The molecular formula is C75H131N31O. The Hall–Kier alpha value is -7.20. The third-order valence-corrected chi connectivity index (χ3v) is 23.3. The second kappa shape index (κ2) is 41.6. The van der Waals surface area contributed by atoms with Crippen molar-refractivity contribution in [3.05, 3.63) is 96.0 Å². The summed E-state index contributed by atoms with van der Waals surface area (Å²) in [6.45, 7) is 30.7. The second-order valence-electron chi connectivity index (χ2n) is 32.1. The van der Waals surface area contributed by atoms with Crippen LogP contribution in [0.3, 0.4) is 0 Å². The molecule has 1 saturated carbocycles. The Bertz CT molecular complexity index is 3580. The topological polar surface area (TPSA) is 280 Å². The zero-order chi connectivity index (χ0) is 75.7. The predicted octanol–water partition coefficient (Wildman–Crippen LogP) is 7.57. The van der Waals surface area contributed by atoms with Gasteiger partial charge < -0.3 is 48.3 Å². The summed E-state index contributed by atoms with van der Waals surface area (Å²) >= 11 is 0. The Balaban J connectivity index is 0.000000131. The molecule has 0 aromatic carbocycles. The van der Waals surface area contributed by atoms with Crippen molar-refractivity contribution in [3.63, 3.8) is 0 Å². The Morgan fingerprint density at radius 2 is 0.888 bits per heavy atom. The third kappa shape index (κ3) is 25.4. The minimum atomic E-state index is 0.0910. The number of hydrogen-bond acceptors (Lipinski definition) is 25. The molecule has 0 atom stereocenters. The highest BCUT2D eigenvalue weighted by Crippen LogP contribution is 2.38. The molecule has 592 valence electrons. The van der Waals surface area contributed by atoms with Crippen molar-refractivity contribution in [2.45, 2.75) is 217 Å². The zero-order valence-corrected chi connectivity index (χ0v) is 67.5. The zero-order valence-electron chi connectivity index (χ0n) is 67.5. The predicted molar refractivity (Wildman–Crippen MR) is 414 cm³/mol. The van der Waals surface area contributed by atoms with E-state index in [4.69, 9.17) is 4.52 Å². The summed E-state index contributed by atoms with van der Waals surface area (Å²) in [4.78, 5) is 24.9. The van der Waals surface area contributed by atoms with Gasteiger partial charge in [-0.15, -0.1) is 25.5 Å². The first kappa shape index (κ1) is 82.3. The molecule has 0 spiro atoms. The minimum Gasteiger partial charge on any atom is -0.351 e. The van der Waals surface area contributed by atoms with Gasteiger partial charge in [0.25, 0.3) is 0 Å². The molecule has 0 amide bonds. The van der Waals surface area contributed by atoms with Crippen LogP contribution in [0, 0.1) is 13.8 Å².